The van der Waals surface area contributed by atoms with Gasteiger partial charge in [-0.25, -0.2) is 9.98 Å². The summed E-state index contributed by atoms with van der Waals surface area (Å²) >= 11 is 0. The van der Waals surface area contributed by atoms with Crippen molar-refractivity contribution in [2.45, 2.75) is 6.92 Å². The van der Waals surface area contributed by atoms with Crippen LogP contribution in [0, 0.1) is 17.0 Å². The Kier molecular flexibility index (Phi) is 3.33. The van der Waals surface area contributed by atoms with E-state index >= 15 is 0 Å². The van der Waals surface area contributed by atoms with Crippen LogP contribution in [0.2, 0.25) is 0 Å². The van der Waals surface area contributed by atoms with Crippen molar-refractivity contribution < 1.29 is 4.92 Å². The van der Waals surface area contributed by atoms with Gasteiger partial charge in [0.25, 0.3) is 5.69 Å². The summed E-state index contributed by atoms with van der Waals surface area (Å²) in [5.41, 5.74) is 0.569. The van der Waals surface area contributed by atoms with Gasteiger partial charge in [0.1, 0.15) is 6.20 Å². The van der Waals surface area contributed by atoms with Gasteiger partial charge in [-0.2, -0.15) is 0 Å². The summed E-state index contributed by atoms with van der Waals surface area (Å²) in [6.45, 7) is 1.66. The zero-order valence-electron chi connectivity index (χ0n) is 8.84. The zero-order chi connectivity index (χ0) is 11.4. The molecule has 1 aromatic rings. The molecule has 1 aromatic heterocycles. The maximum Gasteiger partial charge on any atom is 0.290 e. The van der Waals surface area contributed by atoms with Crippen LogP contribution >= 0.6 is 0 Å². The van der Waals surface area contributed by atoms with Crippen molar-refractivity contribution in [3.05, 3.63) is 27.9 Å². The topological polar surface area (TPSA) is 71.6 Å². The Balaban J connectivity index is 2.97. The van der Waals surface area contributed by atoms with Gasteiger partial charge in [-0.15, -0.1) is 0 Å². The third kappa shape index (κ3) is 3.01. The van der Waals surface area contributed by atoms with Crippen molar-refractivity contribution in [1.82, 2.24) is 9.88 Å². The summed E-state index contributed by atoms with van der Waals surface area (Å²) in [7, 11) is 3.67. The minimum Gasteiger partial charge on any atom is -0.369 e. The first-order valence-corrected chi connectivity index (χ1v) is 4.32. The number of pyridine rings is 1. The van der Waals surface area contributed by atoms with Gasteiger partial charge in [0.2, 0.25) is 0 Å². The third-order valence-corrected chi connectivity index (χ3v) is 1.69. The Bertz CT molecular complexity index is 401. The van der Waals surface area contributed by atoms with Crippen LogP contribution in [0.15, 0.2) is 17.3 Å². The van der Waals surface area contributed by atoms with E-state index in [-0.39, 0.29) is 5.69 Å². The number of aryl methyl sites for hydroxylation is 1. The van der Waals surface area contributed by atoms with Gasteiger partial charge < -0.3 is 4.90 Å². The van der Waals surface area contributed by atoms with Gasteiger partial charge in [0, 0.05) is 19.7 Å². The summed E-state index contributed by atoms with van der Waals surface area (Å²) in [4.78, 5) is 19.7. The molecule has 6 nitrogen and oxygen atoms in total. The van der Waals surface area contributed by atoms with Gasteiger partial charge >= 0.3 is 0 Å². The fourth-order valence-corrected chi connectivity index (χ4v) is 0.970. The average Bonchev–Trinajstić information content (AvgIpc) is 2.14. The van der Waals surface area contributed by atoms with E-state index in [0.717, 1.165) is 0 Å². The van der Waals surface area contributed by atoms with Crippen molar-refractivity contribution in [3.63, 3.8) is 0 Å². The van der Waals surface area contributed by atoms with Crippen LogP contribution in [-0.2, 0) is 0 Å². The second kappa shape index (κ2) is 4.50. The summed E-state index contributed by atoms with van der Waals surface area (Å²) in [5.74, 6) is 0.465. The molecule has 0 aliphatic heterocycles. The fourth-order valence-electron chi connectivity index (χ4n) is 0.970. The second-order valence-corrected chi connectivity index (χ2v) is 3.29. The molecule has 0 aromatic carbocycles. The van der Waals surface area contributed by atoms with Gasteiger partial charge in [-0.05, 0) is 13.0 Å². The monoisotopic (exact) mass is 208 g/mol. The summed E-state index contributed by atoms with van der Waals surface area (Å²) < 4.78 is 0. The van der Waals surface area contributed by atoms with E-state index in [4.69, 9.17) is 0 Å². The second-order valence-electron chi connectivity index (χ2n) is 3.29. The van der Waals surface area contributed by atoms with Crippen LogP contribution in [0.25, 0.3) is 0 Å². The highest BCUT2D eigenvalue weighted by Gasteiger charge is 2.10. The zero-order valence-corrected chi connectivity index (χ0v) is 8.84. The van der Waals surface area contributed by atoms with Crippen molar-refractivity contribution in [2.75, 3.05) is 14.1 Å². The summed E-state index contributed by atoms with van der Waals surface area (Å²) in [5, 5.41) is 10.5. The van der Waals surface area contributed by atoms with Crippen molar-refractivity contribution >= 4 is 17.8 Å². The lowest BCUT2D eigenvalue weighted by Gasteiger charge is -2.02. The maximum atomic E-state index is 10.5. The molecular weight excluding hydrogens is 196 g/mol. The van der Waals surface area contributed by atoms with Gasteiger partial charge in [-0.3, -0.25) is 10.1 Å². The van der Waals surface area contributed by atoms with E-state index in [9.17, 15) is 10.1 Å². The molecule has 0 N–H and O–H groups in total. The maximum absolute atomic E-state index is 10.5. The van der Waals surface area contributed by atoms with Crippen LogP contribution in [0.1, 0.15) is 5.56 Å². The van der Waals surface area contributed by atoms with Gasteiger partial charge in [0.15, 0.2) is 5.82 Å². The number of hydrogen-bond acceptors (Lipinski definition) is 4. The van der Waals surface area contributed by atoms with Crippen LogP contribution < -0.4 is 0 Å². The molecule has 1 heterocycles. The number of nitro groups is 1. The smallest absolute Gasteiger partial charge is 0.290 e. The minimum absolute atomic E-state index is 0.0128. The highest BCUT2D eigenvalue weighted by atomic mass is 16.6. The molecule has 0 bridgehead atoms. The van der Waals surface area contributed by atoms with E-state index in [1.54, 1.807) is 24.2 Å². The highest BCUT2D eigenvalue weighted by Crippen LogP contribution is 2.19. The highest BCUT2D eigenvalue weighted by molar-refractivity contribution is 5.59. The molecule has 0 aliphatic carbocycles. The largest absolute Gasteiger partial charge is 0.369 e. The first-order valence-electron chi connectivity index (χ1n) is 4.32. The van der Waals surface area contributed by atoms with Gasteiger partial charge in [0.05, 0.1) is 11.3 Å². The molecular formula is C9H12N4O2. The predicted molar refractivity (Wildman–Crippen MR) is 57.5 cm³/mol. The SMILES string of the molecule is Cc1cc(/N=C/N(C)C)ncc1[N+](=O)[O-]. The van der Waals surface area contributed by atoms with Crippen molar-refractivity contribution in [2.24, 2.45) is 4.99 Å². The van der Waals surface area contributed by atoms with Crippen LogP contribution in [0.4, 0.5) is 11.5 Å². The number of rotatable bonds is 3. The van der Waals surface area contributed by atoms with E-state index in [0.29, 0.717) is 11.4 Å². The van der Waals surface area contributed by atoms with Crippen molar-refractivity contribution in [3.8, 4) is 0 Å². The minimum atomic E-state index is -0.457. The molecule has 15 heavy (non-hydrogen) atoms. The predicted octanol–water partition coefficient (Wildman–Crippen LogP) is 1.52. The summed E-state index contributed by atoms with van der Waals surface area (Å²) in [6, 6.07) is 1.58. The molecule has 0 saturated heterocycles. The Morgan fingerprint density at radius 2 is 2.27 bits per heavy atom. The van der Waals surface area contributed by atoms with Crippen molar-refractivity contribution in [1.29, 1.82) is 0 Å². The van der Waals surface area contributed by atoms with Crippen LogP contribution in [0.5, 0.6) is 0 Å². The Labute approximate surface area is 87.4 Å². The van der Waals surface area contributed by atoms with E-state index < -0.39 is 4.92 Å². The molecule has 80 valence electrons. The first kappa shape index (κ1) is 11.1. The molecule has 1 rings (SSSR count). The lowest BCUT2D eigenvalue weighted by Crippen LogP contribution is -2.07. The number of aliphatic imine (C=N–C) groups is 1. The average molecular weight is 208 g/mol. The summed E-state index contributed by atoms with van der Waals surface area (Å²) in [6.07, 6.45) is 2.81. The fraction of sp³-hybridized carbons (Fsp3) is 0.333. The molecule has 0 amide bonds. The Morgan fingerprint density at radius 1 is 1.60 bits per heavy atom. The molecule has 0 saturated carbocycles. The molecule has 0 aliphatic rings. The van der Waals surface area contributed by atoms with Crippen LogP contribution in [0.3, 0.4) is 0 Å². The van der Waals surface area contributed by atoms with E-state index in [1.165, 1.54) is 6.20 Å². The molecule has 0 unspecified atom stereocenters. The van der Waals surface area contributed by atoms with E-state index in [1.807, 2.05) is 14.1 Å². The lowest BCUT2D eigenvalue weighted by atomic mass is 10.2. The lowest BCUT2D eigenvalue weighted by molar-refractivity contribution is -0.385. The molecule has 0 fully saturated rings. The van der Waals surface area contributed by atoms with Crippen LogP contribution in [-0.4, -0.2) is 35.2 Å². The number of aromatic nitrogens is 1. The molecule has 0 radical (unpaired) electrons. The number of nitrogens with zero attached hydrogens (tertiary/aromatic N) is 4. The normalized spacial score (nSPS) is 10.6. The third-order valence-electron chi connectivity index (χ3n) is 1.69. The molecule has 0 atom stereocenters. The Morgan fingerprint density at radius 3 is 2.73 bits per heavy atom. The first-order chi connectivity index (χ1) is 7.00. The standard InChI is InChI=1S/C9H12N4O2/c1-7-4-9(11-6-12(2)3)10-5-8(7)13(14)15/h4-6H,1-3H3/b11-6+. The molecule has 6 heteroatoms. The number of hydrogen-bond donors (Lipinski definition) is 0. The van der Waals surface area contributed by atoms with Gasteiger partial charge in [-0.1, -0.05) is 0 Å². The Hall–Kier alpha value is -1.98. The quantitative estimate of drug-likeness (QED) is 0.327. The van der Waals surface area contributed by atoms with E-state index in [2.05, 4.69) is 9.98 Å². The molecule has 0 spiro atoms.